The maximum Gasteiger partial charge on any atom is 0.220 e. The summed E-state index contributed by atoms with van der Waals surface area (Å²) in [4.78, 5) is 24.3. The highest BCUT2D eigenvalue weighted by Crippen LogP contribution is 2.54. The zero-order valence-electron chi connectivity index (χ0n) is 15.5. The van der Waals surface area contributed by atoms with Crippen molar-refractivity contribution < 1.29 is 18.4 Å². The lowest BCUT2D eigenvalue weighted by Gasteiger charge is -2.19. The second-order valence-electron chi connectivity index (χ2n) is 7.45. The summed E-state index contributed by atoms with van der Waals surface area (Å²) in [6.45, 7) is 4.21. The molecule has 3 nitrogen and oxygen atoms in total. The molecular formula is C22H23F2NO2. The monoisotopic (exact) mass is 371 g/mol. The van der Waals surface area contributed by atoms with Crippen LogP contribution in [0.4, 0.5) is 8.78 Å². The van der Waals surface area contributed by atoms with E-state index in [4.69, 9.17) is 0 Å². The van der Waals surface area contributed by atoms with Crippen LogP contribution in [-0.2, 0) is 10.2 Å². The van der Waals surface area contributed by atoms with E-state index in [1.54, 1.807) is 12.1 Å². The number of carbonyl (C=O) groups excluding carboxylic acids is 2. The topological polar surface area (TPSA) is 46.2 Å². The van der Waals surface area contributed by atoms with Gasteiger partial charge < -0.3 is 5.32 Å². The van der Waals surface area contributed by atoms with Crippen LogP contribution in [0.2, 0.25) is 0 Å². The molecule has 142 valence electrons. The van der Waals surface area contributed by atoms with E-state index in [1.807, 2.05) is 26.0 Å². The van der Waals surface area contributed by atoms with E-state index in [9.17, 15) is 18.4 Å². The fourth-order valence-corrected chi connectivity index (χ4v) is 3.55. The predicted molar refractivity (Wildman–Crippen MR) is 99.6 cm³/mol. The van der Waals surface area contributed by atoms with Crippen LogP contribution in [-0.4, -0.2) is 18.2 Å². The fraction of sp³-hybridized carbons (Fsp3) is 0.364. The van der Waals surface area contributed by atoms with Gasteiger partial charge in [0, 0.05) is 36.4 Å². The molecular weight excluding hydrogens is 348 g/mol. The molecule has 0 saturated heterocycles. The van der Waals surface area contributed by atoms with Crippen LogP contribution in [0.15, 0.2) is 42.5 Å². The quantitative estimate of drug-likeness (QED) is 0.737. The maximum atomic E-state index is 14.2. The molecule has 2 aromatic carbocycles. The Morgan fingerprint density at radius 3 is 2.37 bits per heavy atom. The molecule has 0 radical (unpaired) electrons. The van der Waals surface area contributed by atoms with E-state index < -0.39 is 17.0 Å². The first-order chi connectivity index (χ1) is 12.8. The minimum Gasteiger partial charge on any atom is -0.355 e. The van der Waals surface area contributed by atoms with E-state index >= 15 is 0 Å². The van der Waals surface area contributed by atoms with Gasteiger partial charge in [-0.15, -0.1) is 0 Å². The van der Waals surface area contributed by atoms with Crippen LogP contribution >= 0.6 is 0 Å². The molecule has 3 rings (SSSR count). The summed E-state index contributed by atoms with van der Waals surface area (Å²) in [5, 5.41) is 2.82. The highest BCUT2D eigenvalue weighted by molar-refractivity contribution is 5.97. The van der Waals surface area contributed by atoms with Crippen molar-refractivity contribution in [3.8, 4) is 0 Å². The number of Topliss-reactive ketones (excluding diaryl/α,β-unsaturated/α-hetero) is 1. The summed E-state index contributed by atoms with van der Waals surface area (Å²) in [7, 11) is 0. The lowest BCUT2D eigenvalue weighted by Crippen LogP contribution is -2.34. The average molecular weight is 371 g/mol. The van der Waals surface area contributed by atoms with Crippen LogP contribution < -0.4 is 5.32 Å². The number of carbonyl (C=O) groups is 2. The molecule has 0 aromatic heterocycles. The Hall–Kier alpha value is -2.56. The van der Waals surface area contributed by atoms with Crippen molar-refractivity contribution in [2.75, 3.05) is 6.54 Å². The summed E-state index contributed by atoms with van der Waals surface area (Å²) in [6, 6.07) is 10.8. The van der Waals surface area contributed by atoms with Gasteiger partial charge in [-0.05, 0) is 30.9 Å². The van der Waals surface area contributed by atoms with Crippen molar-refractivity contribution in [3.05, 3.63) is 70.8 Å². The van der Waals surface area contributed by atoms with Crippen LogP contribution in [0.3, 0.4) is 0 Å². The molecule has 2 aromatic rings. The van der Waals surface area contributed by atoms with Crippen molar-refractivity contribution >= 4 is 11.7 Å². The van der Waals surface area contributed by atoms with Crippen LogP contribution in [0.5, 0.6) is 0 Å². The standard InChI is InChI=1S/C22H23F2NO2/c1-14-3-5-16(6-4-14)20(26)9-10-21(27)25-13-22(12-15(22)2)18-8-7-17(23)11-19(18)24/h3-8,11,15H,9-10,12-13H2,1-2H3,(H,25,27). The Kier molecular flexibility index (Phi) is 5.40. The van der Waals surface area contributed by atoms with Crippen molar-refractivity contribution in [1.82, 2.24) is 5.32 Å². The summed E-state index contributed by atoms with van der Waals surface area (Å²) in [5.41, 5.74) is 1.61. The number of hydrogen-bond donors (Lipinski definition) is 1. The normalized spacial score (nSPS) is 21.0. The molecule has 2 unspecified atom stereocenters. The summed E-state index contributed by atoms with van der Waals surface area (Å²) in [6.07, 6.45) is 0.948. The molecule has 1 aliphatic rings. The van der Waals surface area contributed by atoms with Crippen LogP contribution in [0, 0.1) is 24.5 Å². The lowest BCUT2D eigenvalue weighted by molar-refractivity contribution is -0.121. The Balaban J connectivity index is 1.55. The number of nitrogens with one attached hydrogen (secondary N) is 1. The van der Waals surface area contributed by atoms with Crippen molar-refractivity contribution in [2.24, 2.45) is 5.92 Å². The summed E-state index contributed by atoms with van der Waals surface area (Å²) >= 11 is 0. The van der Waals surface area contributed by atoms with E-state index in [0.717, 1.165) is 18.1 Å². The van der Waals surface area contributed by atoms with Crippen LogP contribution in [0.1, 0.15) is 47.7 Å². The second-order valence-corrected chi connectivity index (χ2v) is 7.45. The minimum atomic E-state index is -0.613. The summed E-state index contributed by atoms with van der Waals surface area (Å²) < 4.78 is 27.3. The number of halogens is 2. The molecule has 5 heteroatoms. The van der Waals surface area contributed by atoms with E-state index in [-0.39, 0.29) is 37.0 Å². The van der Waals surface area contributed by atoms with E-state index in [2.05, 4.69) is 5.32 Å². The molecule has 0 aliphatic heterocycles. The number of benzene rings is 2. The van der Waals surface area contributed by atoms with Gasteiger partial charge >= 0.3 is 0 Å². The molecule has 1 fully saturated rings. The number of amides is 1. The largest absolute Gasteiger partial charge is 0.355 e. The molecule has 1 aliphatic carbocycles. The predicted octanol–water partition coefficient (Wildman–Crippen LogP) is 4.33. The molecule has 27 heavy (non-hydrogen) atoms. The lowest BCUT2D eigenvalue weighted by atomic mass is 9.92. The fourth-order valence-electron chi connectivity index (χ4n) is 3.55. The highest BCUT2D eigenvalue weighted by Gasteiger charge is 2.53. The third-order valence-corrected chi connectivity index (χ3v) is 5.47. The molecule has 0 heterocycles. The van der Waals surface area contributed by atoms with Gasteiger partial charge in [0.25, 0.3) is 0 Å². The minimum absolute atomic E-state index is 0.0794. The Morgan fingerprint density at radius 1 is 1.11 bits per heavy atom. The third-order valence-electron chi connectivity index (χ3n) is 5.47. The number of ketones is 1. The SMILES string of the molecule is Cc1ccc(C(=O)CCC(=O)NCC2(c3ccc(F)cc3F)CC2C)cc1. The first kappa shape index (κ1) is 19.2. The maximum absolute atomic E-state index is 14.2. The van der Waals surface area contributed by atoms with Crippen LogP contribution in [0.25, 0.3) is 0 Å². The van der Waals surface area contributed by atoms with Crippen molar-refractivity contribution in [2.45, 2.75) is 38.5 Å². The van der Waals surface area contributed by atoms with E-state index in [0.29, 0.717) is 11.1 Å². The molecule has 2 atom stereocenters. The van der Waals surface area contributed by atoms with Gasteiger partial charge in [-0.3, -0.25) is 9.59 Å². The zero-order valence-corrected chi connectivity index (χ0v) is 15.5. The molecule has 1 N–H and O–H groups in total. The number of aryl methyl sites for hydroxylation is 1. The van der Waals surface area contributed by atoms with Gasteiger partial charge in [-0.25, -0.2) is 8.78 Å². The van der Waals surface area contributed by atoms with Gasteiger partial charge in [0.15, 0.2) is 5.78 Å². The Morgan fingerprint density at radius 2 is 1.78 bits per heavy atom. The van der Waals surface area contributed by atoms with Gasteiger partial charge in [0.05, 0.1) is 0 Å². The highest BCUT2D eigenvalue weighted by atomic mass is 19.1. The second kappa shape index (κ2) is 7.59. The summed E-state index contributed by atoms with van der Waals surface area (Å²) in [5.74, 6) is -1.31. The zero-order chi connectivity index (χ0) is 19.6. The smallest absolute Gasteiger partial charge is 0.220 e. The average Bonchev–Trinajstić information content (AvgIpc) is 3.29. The molecule has 0 spiro atoms. The third kappa shape index (κ3) is 4.24. The van der Waals surface area contributed by atoms with Crippen molar-refractivity contribution in [1.29, 1.82) is 0 Å². The molecule has 1 amide bonds. The molecule has 0 bridgehead atoms. The van der Waals surface area contributed by atoms with Crippen molar-refractivity contribution in [3.63, 3.8) is 0 Å². The number of hydrogen-bond acceptors (Lipinski definition) is 2. The number of rotatable bonds is 7. The van der Waals surface area contributed by atoms with E-state index in [1.165, 1.54) is 12.1 Å². The first-order valence-corrected chi connectivity index (χ1v) is 9.14. The molecule has 1 saturated carbocycles. The van der Waals surface area contributed by atoms with Gasteiger partial charge in [-0.2, -0.15) is 0 Å². The van der Waals surface area contributed by atoms with Gasteiger partial charge in [0.1, 0.15) is 11.6 Å². The Bertz CT molecular complexity index is 863. The Labute approximate surface area is 157 Å². The van der Waals surface area contributed by atoms with Gasteiger partial charge in [0.2, 0.25) is 5.91 Å². The van der Waals surface area contributed by atoms with Gasteiger partial charge in [-0.1, -0.05) is 42.8 Å². The first-order valence-electron chi connectivity index (χ1n) is 9.14.